The van der Waals surface area contributed by atoms with Crippen LogP contribution in [0, 0.1) is 0 Å². The third-order valence-corrected chi connectivity index (χ3v) is 0.674. The number of carbonyl (C=O) groups excluding carboxylic acids is 1. The molecule has 0 aromatic carbocycles. The Morgan fingerprint density at radius 3 is 2.78 bits per heavy atom. The summed E-state index contributed by atoms with van der Waals surface area (Å²) in [6.07, 6.45) is -17.1. The molecule has 0 amide bonds. The molecule has 2 nitrogen and oxygen atoms in total. The van der Waals surface area contributed by atoms with E-state index in [-0.39, 0.29) is 0 Å². The maximum atomic E-state index is 10.6. The Morgan fingerprint density at radius 2 is 2.33 bits per heavy atom. The number of halogens is 1. The van der Waals surface area contributed by atoms with Crippen molar-refractivity contribution in [1.29, 1.82) is 0 Å². The zero-order valence-electron chi connectivity index (χ0n) is 13.2. The highest BCUT2D eigenvalue weighted by Gasteiger charge is 2.17. The summed E-state index contributed by atoms with van der Waals surface area (Å²) in [5.74, 6) is 0. The molecular formula is C6H9ClO2. The van der Waals surface area contributed by atoms with Gasteiger partial charge in [-0.05, 0) is 25.5 Å². The summed E-state index contributed by atoms with van der Waals surface area (Å²) in [7, 11) is 0. The van der Waals surface area contributed by atoms with E-state index in [0.717, 1.165) is 0 Å². The highest BCUT2D eigenvalue weighted by atomic mass is 35.5. The van der Waals surface area contributed by atoms with Crippen molar-refractivity contribution < 1.29 is 21.9 Å². The molecule has 9 heavy (non-hydrogen) atoms. The van der Waals surface area contributed by atoms with Crippen LogP contribution in [0.4, 0.5) is 4.79 Å². The molecule has 0 N–H and O–H groups in total. The van der Waals surface area contributed by atoms with Crippen LogP contribution in [0.15, 0.2) is 0 Å². The molecule has 0 heterocycles. The second-order valence-electron chi connectivity index (χ2n) is 1.17. The lowest BCUT2D eigenvalue weighted by Gasteiger charge is -2.05. The maximum Gasteiger partial charge on any atom is 0.404 e. The van der Waals surface area contributed by atoms with Crippen molar-refractivity contribution in [1.82, 2.24) is 0 Å². The normalized spacial score (nSPS) is 60.8. The summed E-state index contributed by atoms with van der Waals surface area (Å²) < 4.78 is 70.9. The maximum absolute atomic E-state index is 10.6. The molecule has 0 radical (unpaired) electrons. The fraction of sp³-hybridized carbons (Fsp3) is 0.833. The van der Waals surface area contributed by atoms with Crippen LogP contribution in [0.5, 0.6) is 0 Å². The molecular weight excluding hydrogens is 140 g/mol. The van der Waals surface area contributed by atoms with E-state index in [1.165, 1.54) is 0 Å². The van der Waals surface area contributed by atoms with Crippen molar-refractivity contribution in [2.24, 2.45) is 0 Å². The largest absolute Gasteiger partial charge is 0.450 e. The molecule has 0 saturated heterocycles. The fourth-order valence-corrected chi connectivity index (χ4v) is 0.416. The Balaban J connectivity index is 3.57. The Hall–Kier alpha value is -0.240. The van der Waals surface area contributed by atoms with Gasteiger partial charge in [-0.3, -0.25) is 0 Å². The van der Waals surface area contributed by atoms with Crippen LogP contribution in [0.2, 0.25) is 0 Å². The van der Waals surface area contributed by atoms with E-state index in [4.69, 9.17) is 23.9 Å². The first-order valence-corrected chi connectivity index (χ1v) is 2.43. The molecule has 0 spiro atoms. The summed E-state index contributed by atoms with van der Waals surface area (Å²) >= 11 is 4.83. The number of hydrogen-bond donors (Lipinski definition) is 0. The first-order chi connectivity index (χ1) is 7.67. The third-order valence-electron chi connectivity index (χ3n) is 0.597. The summed E-state index contributed by atoms with van der Waals surface area (Å²) in [5, 5.41) is 0. The van der Waals surface area contributed by atoms with Gasteiger partial charge in [0.1, 0.15) is 6.08 Å². The standard InChI is InChI=1S/C6H9ClO2/c7-6(8)9-5-3-1-2-4-5/h5H,1-4H2/i1D2,2D2,3D2,4D2,5D. The van der Waals surface area contributed by atoms with Crippen molar-refractivity contribution in [3.63, 3.8) is 0 Å². The highest BCUT2D eigenvalue weighted by Crippen LogP contribution is 2.21. The monoisotopic (exact) mass is 157 g/mol. The molecule has 1 saturated carbocycles. The number of rotatable bonds is 1. The number of carbonyl (C=O) groups is 1. The predicted octanol–water partition coefficient (Wildman–Crippen LogP) is 2.30. The molecule has 0 unspecified atom stereocenters. The van der Waals surface area contributed by atoms with Gasteiger partial charge in [0.15, 0.2) is 0 Å². The summed E-state index contributed by atoms with van der Waals surface area (Å²) in [5.41, 5.74) is -1.72. The SMILES string of the molecule is [2H]C1([2H])C([2H])([2H])C([2H])([2H])C([2H])(OC(=O)Cl)C1([2H])[2H]. The van der Waals surface area contributed by atoms with Gasteiger partial charge in [-0.15, -0.1) is 0 Å². The molecule has 1 fully saturated rings. The molecule has 52 valence electrons. The third kappa shape index (κ3) is 2.22. The highest BCUT2D eigenvalue weighted by molar-refractivity contribution is 6.61. The van der Waals surface area contributed by atoms with Gasteiger partial charge in [-0.2, -0.15) is 0 Å². The quantitative estimate of drug-likeness (QED) is 0.546. The van der Waals surface area contributed by atoms with Crippen molar-refractivity contribution in [2.45, 2.75) is 31.6 Å². The predicted molar refractivity (Wildman–Crippen MR) is 34.6 cm³/mol. The zero-order chi connectivity index (χ0) is 14.8. The summed E-state index contributed by atoms with van der Waals surface area (Å²) in [6, 6.07) is 0. The van der Waals surface area contributed by atoms with Gasteiger partial charge < -0.3 is 4.74 Å². The number of hydrogen-bond acceptors (Lipinski definition) is 2. The van der Waals surface area contributed by atoms with E-state index in [9.17, 15) is 4.79 Å². The molecule has 0 atom stereocenters. The molecule has 0 aromatic rings. The first kappa shape index (κ1) is 1.67. The van der Waals surface area contributed by atoms with Crippen LogP contribution in [0.25, 0.3) is 0 Å². The Labute approximate surface area is 71.8 Å². The zero-order valence-corrected chi connectivity index (χ0v) is 4.95. The van der Waals surface area contributed by atoms with Crippen LogP contribution in [-0.4, -0.2) is 11.5 Å². The first-order valence-electron chi connectivity index (χ1n) is 6.55. The minimum absolute atomic E-state index is 1.72. The van der Waals surface area contributed by atoms with Crippen LogP contribution < -0.4 is 0 Å². The second kappa shape index (κ2) is 3.06. The van der Waals surface area contributed by atoms with Crippen LogP contribution in [-0.2, 0) is 4.74 Å². The average molecular weight is 158 g/mol. The molecule has 0 aliphatic heterocycles. The van der Waals surface area contributed by atoms with Crippen LogP contribution in [0.3, 0.4) is 0 Å². The van der Waals surface area contributed by atoms with Gasteiger partial charge in [0, 0.05) is 22.6 Å². The summed E-state index contributed by atoms with van der Waals surface area (Å²) in [6.45, 7) is 0. The lowest BCUT2D eigenvalue weighted by molar-refractivity contribution is 0.125. The Morgan fingerprint density at radius 1 is 1.78 bits per heavy atom. The van der Waals surface area contributed by atoms with Crippen molar-refractivity contribution >= 4 is 17.0 Å². The van der Waals surface area contributed by atoms with Crippen LogP contribution >= 0.6 is 11.6 Å². The fourth-order valence-electron chi connectivity index (χ4n) is 0.339. The van der Waals surface area contributed by atoms with Crippen molar-refractivity contribution in [2.75, 3.05) is 0 Å². The van der Waals surface area contributed by atoms with E-state index in [2.05, 4.69) is 4.74 Å². The van der Waals surface area contributed by atoms with E-state index in [1.807, 2.05) is 0 Å². The van der Waals surface area contributed by atoms with Crippen molar-refractivity contribution in [3.05, 3.63) is 0 Å². The van der Waals surface area contributed by atoms with Gasteiger partial charge in [0.2, 0.25) is 0 Å². The van der Waals surface area contributed by atoms with Gasteiger partial charge in [0.05, 0.1) is 1.37 Å². The minimum Gasteiger partial charge on any atom is -0.450 e. The molecule has 1 rings (SSSR count). The summed E-state index contributed by atoms with van der Waals surface area (Å²) in [4.78, 5) is 10.6. The van der Waals surface area contributed by atoms with E-state index in [0.29, 0.717) is 0 Å². The second-order valence-corrected chi connectivity index (χ2v) is 1.48. The molecule has 0 aromatic heterocycles. The lowest BCUT2D eigenvalue weighted by atomic mass is 10.3. The van der Waals surface area contributed by atoms with Gasteiger partial charge in [0.25, 0.3) is 0 Å². The van der Waals surface area contributed by atoms with E-state index in [1.54, 1.807) is 0 Å². The van der Waals surface area contributed by atoms with Crippen LogP contribution in [0.1, 0.15) is 37.8 Å². The molecule has 0 bridgehead atoms. The molecule has 1 aliphatic rings. The van der Waals surface area contributed by atoms with Gasteiger partial charge in [-0.25, -0.2) is 4.79 Å². The van der Waals surface area contributed by atoms with Gasteiger partial charge >= 0.3 is 5.43 Å². The lowest BCUT2D eigenvalue weighted by Crippen LogP contribution is -2.08. The molecule has 1 aliphatic carbocycles. The Kier molecular flexibility index (Phi) is 0.569. The smallest absolute Gasteiger partial charge is 0.404 e. The number of ether oxygens (including phenoxy) is 1. The van der Waals surface area contributed by atoms with Crippen molar-refractivity contribution in [3.8, 4) is 0 Å². The Bertz CT molecular complexity index is 367. The average Bonchev–Trinajstić information content (AvgIpc) is 2.17. The molecule has 3 heteroatoms. The minimum atomic E-state index is -3.44. The van der Waals surface area contributed by atoms with E-state index >= 15 is 0 Å². The van der Waals surface area contributed by atoms with E-state index < -0.39 is 37.0 Å². The van der Waals surface area contributed by atoms with Gasteiger partial charge in [-0.1, -0.05) is 0 Å². The topological polar surface area (TPSA) is 26.3 Å².